The van der Waals surface area contributed by atoms with Gasteiger partial charge in [0.25, 0.3) is 0 Å². The summed E-state index contributed by atoms with van der Waals surface area (Å²) in [4.78, 5) is 14.5. The number of likely N-dealkylation sites (N-methyl/N-ethyl adjacent to an activating group) is 1. The van der Waals surface area contributed by atoms with Crippen molar-refractivity contribution >= 4 is 30.7 Å². The van der Waals surface area contributed by atoms with E-state index in [2.05, 4.69) is 22.3 Å². The Balaban J connectivity index is 0.00000156. The van der Waals surface area contributed by atoms with Gasteiger partial charge in [-0.05, 0) is 50.1 Å². The normalized spacial score (nSPS) is 27.8. The van der Waals surface area contributed by atoms with E-state index in [1.54, 1.807) is 0 Å². The van der Waals surface area contributed by atoms with Crippen molar-refractivity contribution in [1.82, 2.24) is 10.2 Å². The third-order valence-electron chi connectivity index (χ3n) is 5.41. The monoisotopic (exact) mass is 387 g/mol. The van der Waals surface area contributed by atoms with Gasteiger partial charge in [-0.1, -0.05) is 36.8 Å². The second-order valence-corrected chi connectivity index (χ2v) is 7.43. The first kappa shape index (κ1) is 22.2. The number of nitrogens with zero attached hydrogens (tertiary/aromatic N) is 1. The molecule has 2 atom stereocenters. The Labute approximate surface area is 163 Å². The lowest BCUT2D eigenvalue weighted by atomic mass is 9.67. The van der Waals surface area contributed by atoms with Crippen LogP contribution in [-0.4, -0.2) is 36.5 Å². The van der Waals surface area contributed by atoms with Crippen LogP contribution in [0, 0.1) is 11.8 Å². The minimum atomic E-state index is 0. The minimum absolute atomic E-state index is 0. The number of benzene rings is 1. The van der Waals surface area contributed by atoms with Gasteiger partial charge in [-0.3, -0.25) is 9.69 Å². The molecule has 0 aromatic heterocycles. The zero-order valence-corrected chi connectivity index (χ0v) is 16.5. The van der Waals surface area contributed by atoms with Crippen LogP contribution in [0.3, 0.4) is 0 Å². The third kappa shape index (κ3) is 6.14. The van der Waals surface area contributed by atoms with E-state index in [1.165, 1.54) is 24.8 Å². The van der Waals surface area contributed by atoms with E-state index in [-0.39, 0.29) is 30.7 Å². The van der Waals surface area contributed by atoms with Crippen molar-refractivity contribution in [2.45, 2.75) is 50.7 Å². The van der Waals surface area contributed by atoms with Crippen molar-refractivity contribution in [3.8, 4) is 0 Å². The molecule has 3 N–H and O–H groups in total. The van der Waals surface area contributed by atoms with Gasteiger partial charge in [0.15, 0.2) is 0 Å². The molecule has 6 heteroatoms. The number of fused-ring (bicyclic) bond motifs is 2. The second kappa shape index (κ2) is 10.4. The van der Waals surface area contributed by atoms with Gasteiger partial charge in [0.1, 0.15) is 0 Å². The van der Waals surface area contributed by atoms with Crippen molar-refractivity contribution in [2.24, 2.45) is 17.6 Å². The summed E-state index contributed by atoms with van der Waals surface area (Å²) in [7, 11) is 2.00. The number of hydrogen-bond donors (Lipinski definition) is 2. The maximum Gasteiger partial charge on any atom is 0.234 e. The Morgan fingerprint density at radius 1 is 1.16 bits per heavy atom. The van der Waals surface area contributed by atoms with E-state index in [0.717, 1.165) is 19.4 Å². The predicted molar refractivity (Wildman–Crippen MR) is 107 cm³/mol. The second-order valence-electron chi connectivity index (χ2n) is 7.43. The number of carbonyl (C=O) groups excluding carboxylic acids is 1. The average Bonchev–Trinajstić information content (AvgIpc) is 2.49. The van der Waals surface area contributed by atoms with Gasteiger partial charge in [-0.25, -0.2) is 0 Å². The fraction of sp³-hybridized carbons (Fsp3) is 0.632. The van der Waals surface area contributed by atoms with Crippen molar-refractivity contribution in [2.75, 3.05) is 13.6 Å². The lowest BCUT2D eigenvalue weighted by Crippen LogP contribution is -2.55. The van der Waals surface area contributed by atoms with Gasteiger partial charge in [-0.15, -0.1) is 24.8 Å². The molecule has 2 aliphatic rings. The maximum atomic E-state index is 12.4. The molecule has 142 valence electrons. The standard InChI is InChI=1S/C19H29N3O.2ClH/c1-22(12-14-6-3-2-4-7-14)13-18(23)21-19-15-8-5-9-16(19)11-17(20)10-15;;/h2-4,6-7,15-17,19H,5,8-13,20H2,1H3,(H,21,23);2*1H. The molecule has 1 aromatic carbocycles. The van der Waals surface area contributed by atoms with Gasteiger partial charge in [0, 0.05) is 18.6 Å². The molecule has 4 nitrogen and oxygen atoms in total. The molecule has 0 spiro atoms. The molecular weight excluding hydrogens is 357 g/mol. The zero-order valence-electron chi connectivity index (χ0n) is 14.9. The summed E-state index contributed by atoms with van der Waals surface area (Å²) in [5, 5.41) is 3.32. The van der Waals surface area contributed by atoms with Crippen LogP contribution in [0.1, 0.15) is 37.7 Å². The van der Waals surface area contributed by atoms with E-state index in [0.29, 0.717) is 30.5 Å². The maximum absolute atomic E-state index is 12.4. The highest BCUT2D eigenvalue weighted by Gasteiger charge is 2.39. The Morgan fingerprint density at radius 2 is 1.76 bits per heavy atom. The Kier molecular flexibility index (Phi) is 9.22. The highest BCUT2D eigenvalue weighted by Crippen LogP contribution is 2.39. The summed E-state index contributed by atoms with van der Waals surface area (Å²) in [5.74, 6) is 1.32. The van der Waals surface area contributed by atoms with Crippen molar-refractivity contribution in [3.63, 3.8) is 0 Å². The molecule has 2 aliphatic carbocycles. The first-order valence-electron chi connectivity index (χ1n) is 8.89. The smallest absolute Gasteiger partial charge is 0.234 e. The van der Waals surface area contributed by atoms with Crippen LogP contribution in [0.25, 0.3) is 0 Å². The van der Waals surface area contributed by atoms with Gasteiger partial charge in [0.2, 0.25) is 5.91 Å². The number of nitrogens with one attached hydrogen (secondary N) is 1. The van der Waals surface area contributed by atoms with E-state index in [1.807, 2.05) is 25.2 Å². The topological polar surface area (TPSA) is 58.4 Å². The van der Waals surface area contributed by atoms with Crippen LogP contribution >= 0.6 is 24.8 Å². The summed E-state index contributed by atoms with van der Waals surface area (Å²) >= 11 is 0. The Hall–Kier alpha value is -0.810. The fourth-order valence-corrected chi connectivity index (χ4v) is 4.45. The van der Waals surface area contributed by atoms with E-state index in [9.17, 15) is 4.79 Å². The fourth-order valence-electron chi connectivity index (χ4n) is 4.45. The van der Waals surface area contributed by atoms with Crippen LogP contribution in [0.5, 0.6) is 0 Å². The summed E-state index contributed by atoms with van der Waals surface area (Å²) in [5.41, 5.74) is 7.40. The van der Waals surface area contributed by atoms with E-state index in [4.69, 9.17) is 5.73 Å². The summed E-state index contributed by atoms with van der Waals surface area (Å²) < 4.78 is 0. The molecule has 3 rings (SSSR count). The van der Waals surface area contributed by atoms with E-state index >= 15 is 0 Å². The minimum Gasteiger partial charge on any atom is -0.352 e. The van der Waals surface area contributed by atoms with Gasteiger partial charge < -0.3 is 11.1 Å². The predicted octanol–water partition coefficient (Wildman–Crippen LogP) is 2.98. The Bertz CT molecular complexity index is 515. The number of amides is 1. The lowest BCUT2D eigenvalue weighted by Gasteiger charge is -2.45. The van der Waals surface area contributed by atoms with Crippen LogP contribution in [0.15, 0.2) is 30.3 Å². The first-order valence-corrected chi connectivity index (χ1v) is 8.89. The molecular formula is C19H31Cl2N3O. The highest BCUT2D eigenvalue weighted by molar-refractivity contribution is 5.85. The summed E-state index contributed by atoms with van der Waals surface area (Å²) in [6, 6.07) is 11.0. The van der Waals surface area contributed by atoms with E-state index < -0.39 is 0 Å². The van der Waals surface area contributed by atoms with Crippen LogP contribution in [0.4, 0.5) is 0 Å². The number of carbonyl (C=O) groups is 1. The number of rotatable bonds is 5. The van der Waals surface area contributed by atoms with Crippen molar-refractivity contribution in [1.29, 1.82) is 0 Å². The number of halogens is 2. The van der Waals surface area contributed by atoms with Crippen molar-refractivity contribution < 1.29 is 4.79 Å². The molecule has 1 amide bonds. The van der Waals surface area contributed by atoms with Crippen LogP contribution in [0.2, 0.25) is 0 Å². The van der Waals surface area contributed by atoms with Crippen LogP contribution < -0.4 is 11.1 Å². The number of nitrogens with two attached hydrogens (primary N) is 1. The highest BCUT2D eigenvalue weighted by atomic mass is 35.5. The Morgan fingerprint density at radius 3 is 2.36 bits per heavy atom. The molecule has 0 radical (unpaired) electrons. The molecule has 2 bridgehead atoms. The van der Waals surface area contributed by atoms with Crippen LogP contribution in [-0.2, 0) is 11.3 Å². The first-order chi connectivity index (χ1) is 11.1. The lowest BCUT2D eigenvalue weighted by molar-refractivity contribution is -0.124. The quantitative estimate of drug-likeness (QED) is 0.816. The zero-order chi connectivity index (χ0) is 16.2. The van der Waals surface area contributed by atoms with Gasteiger partial charge in [0.05, 0.1) is 6.54 Å². The molecule has 25 heavy (non-hydrogen) atoms. The summed E-state index contributed by atoms with van der Waals surface area (Å²) in [6.07, 6.45) is 5.87. The molecule has 1 aromatic rings. The summed E-state index contributed by atoms with van der Waals surface area (Å²) in [6.45, 7) is 1.26. The average molecular weight is 388 g/mol. The SMILES string of the molecule is CN(CC(=O)NC1C2CCCC1CC(N)C2)Cc1ccccc1.Cl.Cl. The van der Waals surface area contributed by atoms with Gasteiger partial charge in [-0.2, -0.15) is 0 Å². The third-order valence-corrected chi connectivity index (χ3v) is 5.41. The molecule has 0 heterocycles. The molecule has 2 fully saturated rings. The molecule has 0 saturated heterocycles. The largest absolute Gasteiger partial charge is 0.352 e. The molecule has 2 saturated carbocycles. The van der Waals surface area contributed by atoms with Crippen molar-refractivity contribution in [3.05, 3.63) is 35.9 Å². The number of hydrogen-bond acceptors (Lipinski definition) is 3. The molecule has 0 aliphatic heterocycles. The molecule has 2 unspecified atom stereocenters. The van der Waals surface area contributed by atoms with Gasteiger partial charge >= 0.3 is 0 Å².